The lowest BCUT2D eigenvalue weighted by Crippen LogP contribution is -2.66. The van der Waals surface area contributed by atoms with E-state index < -0.39 is 5.60 Å². The van der Waals surface area contributed by atoms with Gasteiger partial charge in [-0.05, 0) is 124 Å². The van der Waals surface area contributed by atoms with Gasteiger partial charge >= 0.3 is 0 Å². The Balaban J connectivity index is 1.66. The standard InChI is InChI=1S/C30H52O3/c1-19(2)10-9-14-30(8,33)20-11-16-29(7)25(20)21(31)18-23-27(5)15-13-24(32)26(3,4)22(27)12-17-28(23,29)6/h10,20-25,31-33H,9,11-18H2,1-8H3/t20-,21+,22+,23+,24-,25-,27+,28-,29-,30+/m1/s1. The van der Waals surface area contributed by atoms with Crippen molar-refractivity contribution in [2.24, 2.45) is 45.3 Å². The molecule has 0 unspecified atom stereocenters. The van der Waals surface area contributed by atoms with Gasteiger partial charge in [0, 0.05) is 0 Å². The summed E-state index contributed by atoms with van der Waals surface area (Å²) in [5, 5.41) is 34.3. The summed E-state index contributed by atoms with van der Waals surface area (Å²) in [5.74, 6) is 1.31. The molecular formula is C30H52O3. The van der Waals surface area contributed by atoms with Gasteiger partial charge < -0.3 is 15.3 Å². The second-order valence-electron chi connectivity index (χ2n) is 14.5. The largest absolute Gasteiger partial charge is 0.393 e. The fourth-order valence-corrected chi connectivity index (χ4v) is 10.3. The van der Waals surface area contributed by atoms with E-state index in [1.165, 1.54) is 18.4 Å². The van der Waals surface area contributed by atoms with Crippen molar-refractivity contribution in [2.45, 2.75) is 131 Å². The van der Waals surface area contributed by atoms with Gasteiger partial charge in [-0.15, -0.1) is 0 Å². The zero-order chi connectivity index (χ0) is 24.6. The number of hydrogen-bond donors (Lipinski definition) is 3. The predicted octanol–water partition coefficient (Wildman–Crippen LogP) is 6.50. The normalized spacial score (nSPS) is 50.5. The predicted molar refractivity (Wildman–Crippen MR) is 136 cm³/mol. The molecule has 4 aliphatic rings. The average molecular weight is 461 g/mol. The summed E-state index contributed by atoms with van der Waals surface area (Å²) < 4.78 is 0. The van der Waals surface area contributed by atoms with Gasteiger partial charge in [-0.25, -0.2) is 0 Å². The van der Waals surface area contributed by atoms with Crippen LogP contribution in [0, 0.1) is 45.3 Å². The van der Waals surface area contributed by atoms with Crippen molar-refractivity contribution in [1.29, 1.82) is 0 Å². The number of aliphatic hydroxyl groups is 3. The van der Waals surface area contributed by atoms with E-state index in [9.17, 15) is 15.3 Å². The van der Waals surface area contributed by atoms with Crippen LogP contribution in [0.2, 0.25) is 0 Å². The highest BCUT2D eigenvalue weighted by molar-refractivity contribution is 5.20. The summed E-state index contributed by atoms with van der Waals surface area (Å²) in [5.41, 5.74) is 0.885. The number of hydrogen-bond acceptors (Lipinski definition) is 3. The smallest absolute Gasteiger partial charge is 0.0654 e. The molecule has 0 amide bonds. The minimum atomic E-state index is -0.739. The number of rotatable bonds is 4. The SMILES string of the molecule is CC(C)=CCC[C@](C)(O)[C@@H]1CC[C@]2(C)[C@H]1[C@@H](O)C[C@H]1[C@@]3(C)CC[C@@H](O)C(C)(C)[C@@H]3CC[C@]12C. The number of allylic oxidation sites excluding steroid dienone is 2. The molecule has 0 bridgehead atoms. The molecule has 0 heterocycles. The van der Waals surface area contributed by atoms with Crippen LogP contribution < -0.4 is 0 Å². The van der Waals surface area contributed by atoms with Crippen molar-refractivity contribution >= 4 is 0 Å². The molecule has 10 atom stereocenters. The molecule has 0 aromatic carbocycles. The molecule has 190 valence electrons. The van der Waals surface area contributed by atoms with Gasteiger partial charge in [0.1, 0.15) is 0 Å². The lowest BCUT2D eigenvalue weighted by Gasteiger charge is -2.70. The maximum absolute atomic E-state index is 11.8. The van der Waals surface area contributed by atoms with Gasteiger partial charge in [-0.1, -0.05) is 46.3 Å². The Morgan fingerprint density at radius 3 is 2.18 bits per heavy atom. The molecular weight excluding hydrogens is 408 g/mol. The highest BCUT2D eigenvalue weighted by atomic mass is 16.3. The molecule has 0 saturated heterocycles. The molecule has 0 aromatic rings. The third-order valence-corrected chi connectivity index (χ3v) is 12.4. The average Bonchev–Trinajstić information content (AvgIpc) is 3.08. The van der Waals surface area contributed by atoms with Crippen LogP contribution in [0.25, 0.3) is 0 Å². The fourth-order valence-electron chi connectivity index (χ4n) is 10.3. The minimum absolute atomic E-state index is 0.0503. The molecule has 0 spiro atoms. The van der Waals surface area contributed by atoms with Crippen molar-refractivity contribution in [3.8, 4) is 0 Å². The van der Waals surface area contributed by atoms with E-state index in [4.69, 9.17) is 0 Å². The molecule has 4 aliphatic carbocycles. The highest BCUT2D eigenvalue weighted by Crippen LogP contribution is 2.75. The van der Waals surface area contributed by atoms with E-state index in [2.05, 4.69) is 54.5 Å². The van der Waals surface area contributed by atoms with Gasteiger partial charge in [0.25, 0.3) is 0 Å². The Morgan fingerprint density at radius 1 is 0.909 bits per heavy atom. The highest BCUT2D eigenvalue weighted by Gasteiger charge is 2.71. The molecule has 0 aromatic heterocycles. The fraction of sp³-hybridized carbons (Fsp3) is 0.933. The Morgan fingerprint density at radius 2 is 1.55 bits per heavy atom. The quantitative estimate of drug-likeness (QED) is 0.420. The van der Waals surface area contributed by atoms with Gasteiger partial charge in [0.05, 0.1) is 17.8 Å². The van der Waals surface area contributed by atoms with Crippen LogP contribution in [0.5, 0.6) is 0 Å². The molecule has 3 heteroatoms. The van der Waals surface area contributed by atoms with Crippen LogP contribution in [-0.2, 0) is 0 Å². The maximum atomic E-state index is 11.8. The van der Waals surface area contributed by atoms with Crippen molar-refractivity contribution < 1.29 is 15.3 Å². The summed E-state index contributed by atoms with van der Waals surface area (Å²) in [6.45, 7) is 18.3. The lowest BCUT2D eigenvalue weighted by molar-refractivity contribution is -0.246. The molecule has 33 heavy (non-hydrogen) atoms. The second-order valence-corrected chi connectivity index (χ2v) is 14.5. The Hall–Kier alpha value is -0.380. The first-order valence-corrected chi connectivity index (χ1v) is 13.8. The Bertz CT molecular complexity index is 779. The molecule has 3 nitrogen and oxygen atoms in total. The number of fused-ring (bicyclic) bond motifs is 5. The summed E-state index contributed by atoms with van der Waals surface area (Å²) in [7, 11) is 0. The Kier molecular flexibility index (Phi) is 6.28. The molecule has 4 fully saturated rings. The van der Waals surface area contributed by atoms with Crippen LogP contribution in [0.15, 0.2) is 11.6 Å². The van der Waals surface area contributed by atoms with Crippen LogP contribution in [0.3, 0.4) is 0 Å². The van der Waals surface area contributed by atoms with Gasteiger partial charge in [0.2, 0.25) is 0 Å². The van der Waals surface area contributed by atoms with Crippen LogP contribution in [0.4, 0.5) is 0 Å². The molecule has 0 aliphatic heterocycles. The lowest BCUT2D eigenvalue weighted by atomic mass is 9.35. The van der Waals surface area contributed by atoms with Crippen LogP contribution in [0.1, 0.15) is 113 Å². The summed E-state index contributed by atoms with van der Waals surface area (Å²) in [6, 6.07) is 0. The third-order valence-electron chi connectivity index (χ3n) is 12.4. The van der Waals surface area contributed by atoms with Crippen LogP contribution in [-0.4, -0.2) is 33.1 Å². The van der Waals surface area contributed by atoms with E-state index in [1.54, 1.807) is 0 Å². The molecule has 3 N–H and O–H groups in total. The monoisotopic (exact) mass is 460 g/mol. The van der Waals surface area contributed by atoms with E-state index in [-0.39, 0.29) is 45.7 Å². The molecule has 0 radical (unpaired) electrons. The van der Waals surface area contributed by atoms with Crippen molar-refractivity contribution in [2.75, 3.05) is 0 Å². The summed E-state index contributed by atoms with van der Waals surface area (Å²) >= 11 is 0. The Labute approximate surface area is 203 Å². The zero-order valence-corrected chi connectivity index (χ0v) is 22.7. The summed E-state index contributed by atoms with van der Waals surface area (Å²) in [6.07, 6.45) is 10.6. The molecule has 4 rings (SSSR count). The van der Waals surface area contributed by atoms with E-state index in [0.29, 0.717) is 11.8 Å². The first-order chi connectivity index (χ1) is 15.1. The molecule has 4 saturated carbocycles. The third kappa shape index (κ3) is 3.61. The first kappa shape index (κ1) is 25.7. The van der Waals surface area contributed by atoms with Gasteiger partial charge in [0.15, 0.2) is 0 Å². The maximum Gasteiger partial charge on any atom is 0.0654 e. The summed E-state index contributed by atoms with van der Waals surface area (Å²) in [4.78, 5) is 0. The van der Waals surface area contributed by atoms with Crippen molar-refractivity contribution in [3.63, 3.8) is 0 Å². The second kappa shape index (κ2) is 8.07. The minimum Gasteiger partial charge on any atom is -0.393 e. The van der Waals surface area contributed by atoms with E-state index in [0.717, 1.165) is 44.9 Å². The van der Waals surface area contributed by atoms with Crippen molar-refractivity contribution in [3.05, 3.63) is 11.6 Å². The topological polar surface area (TPSA) is 60.7 Å². The van der Waals surface area contributed by atoms with E-state index >= 15 is 0 Å². The number of aliphatic hydroxyl groups excluding tert-OH is 2. The van der Waals surface area contributed by atoms with Gasteiger partial charge in [-0.2, -0.15) is 0 Å². The van der Waals surface area contributed by atoms with E-state index in [1.807, 2.05) is 6.92 Å². The van der Waals surface area contributed by atoms with Crippen molar-refractivity contribution in [1.82, 2.24) is 0 Å². The van der Waals surface area contributed by atoms with Gasteiger partial charge in [-0.3, -0.25) is 0 Å². The zero-order valence-electron chi connectivity index (χ0n) is 22.7. The van der Waals surface area contributed by atoms with Crippen LogP contribution >= 0.6 is 0 Å². The first-order valence-electron chi connectivity index (χ1n) is 13.8.